The lowest BCUT2D eigenvalue weighted by Crippen LogP contribution is -2.42. The zero-order valence-electron chi connectivity index (χ0n) is 12.8. The minimum Gasteiger partial charge on any atom is -0.502 e. The summed E-state index contributed by atoms with van der Waals surface area (Å²) >= 11 is 0. The number of rotatable bonds is 9. The molecule has 1 rings (SSSR count). The lowest BCUT2D eigenvalue weighted by atomic mass is 10.0. The summed E-state index contributed by atoms with van der Waals surface area (Å²) < 4.78 is 0. The van der Waals surface area contributed by atoms with Crippen LogP contribution in [0, 0.1) is 10.1 Å². The Kier molecular flexibility index (Phi) is 6.98. The van der Waals surface area contributed by atoms with Crippen molar-refractivity contribution in [1.82, 2.24) is 5.32 Å². The van der Waals surface area contributed by atoms with E-state index < -0.39 is 28.4 Å². The molecule has 0 bridgehead atoms. The van der Waals surface area contributed by atoms with Crippen LogP contribution in [-0.2, 0) is 16.0 Å². The number of nitro benzene ring substituents is 1. The number of phenols is 1. The predicted octanol–water partition coefficient (Wildman–Crippen LogP) is 1.99. The fourth-order valence-electron chi connectivity index (χ4n) is 2.08. The van der Waals surface area contributed by atoms with Crippen molar-refractivity contribution in [2.75, 3.05) is 0 Å². The van der Waals surface area contributed by atoms with Gasteiger partial charge in [-0.1, -0.05) is 25.8 Å². The Balaban J connectivity index is 2.76. The summed E-state index contributed by atoms with van der Waals surface area (Å²) in [5.74, 6) is -2.07. The molecule has 8 nitrogen and oxygen atoms in total. The Labute approximate surface area is 133 Å². The van der Waals surface area contributed by atoms with Crippen LogP contribution in [0.15, 0.2) is 18.2 Å². The zero-order valence-corrected chi connectivity index (χ0v) is 12.8. The topological polar surface area (TPSA) is 130 Å². The quantitative estimate of drug-likeness (QED) is 0.362. The first-order valence-corrected chi connectivity index (χ1v) is 7.33. The molecule has 3 N–H and O–H groups in total. The van der Waals surface area contributed by atoms with Crippen LogP contribution in [0.5, 0.6) is 5.75 Å². The van der Waals surface area contributed by atoms with Crippen LogP contribution in [0.3, 0.4) is 0 Å². The number of carbonyl (C=O) groups is 2. The summed E-state index contributed by atoms with van der Waals surface area (Å²) in [6, 6.07) is 2.46. The number of aromatic hydroxyl groups is 1. The number of nitro groups is 1. The number of carbonyl (C=O) groups excluding carboxylic acids is 1. The second-order valence-electron chi connectivity index (χ2n) is 5.20. The van der Waals surface area contributed by atoms with Gasteiger partial charge < -0.3 is 15.5 Å². The fraction of sp³-hybridized carbons (Fsp3) is 0.467. The van der Waals surface area contributed by atoms with Crippen molar-refractivity contribution < 1.29 is 24.7 Å². The van der Waals surface area contributed by atoms with Gasteiger partial charge in [-0.05, 0) is 18.1 Å². The third-order valence-electron chi connectivity index (χ3n) is 3.32. The lowest BCUT2D eigenvalue weighted by molar-refractivity contribution is -0.385. The minimum absolute atomic E-state index is 0.101. The van der Waals surface area contributed by atoms with Crippen molar-refractivity contribution in [3.63, 3.8) is 0 Å². The first kappa shape index (κ1) is 18.4. The Bertz CT molecular complexity index is 587. The molecule has 0 fully saturated rings. The number of carboxylic acids is 1. The third kappa shape index (κ3) is 5.93. The summed E-state index contributed by atoms with van der Waals surface area (Å²) in [7, 11) is 0. The van der Waals surface area contributed by atoms with Gasteiger partial charge in [-0.3, -0.25) is 14.9 Å². The van der Waals surface area contributed by atoms with E-state index in [9.17, 15) is 29.9 Å². The molecular weight excluding hydrogens is 304 g/mol. The molecule has 1 amide bonds. The number of amides is 1. The zero-order chi connectivity index (χ0) is 17.4. The summed E-state index contributed by atoms with van der Waals surface area (Å²) in [6.07, 6.45) is 2.66. The molecule has 23 heavy (non-hydrogen) atoms. The smallest absolute Gasteiger partial charge is 0.326 e. The van der Waals surface area contributed by atoms with Crippen LogP contribution in [0.2, 0.25) is 0 Å². The molecule has 0 aromatic heterocycles. The normalized spacial score (nSPS) is 11.7. The van der Waals surface area contributed by atoms with Gasteiger partial charge in [0.15, 0.2) is 5.75 Å². The first-order valence-electron chi connectivity index (χ1n) is 7.33. The number of carboxylic acid groups (broad SMARTS) is 1. The second-order valence-corrected chi connectivity index (χ2v) is 5.20. The SMILES string of the molecule is CCCCCC(=O)NC(Cc1ccc(O)c([N+](=O)[O-])c1)C(=O)O. The molecule has 0 aliphatic carbocycles. The van der Waals surface area contributed by atoms with Gasteiger partial charge in [-0.25, -0.2) is 4.79 Å². The molecule has 0 aliphatic rings. The molecule has 1 aromatic rings. The summed E-state index contributed by atoms with van der Waals surface area (Å²) in [4.78, 5) is 33.0. The monoisotopic (exact) mass is 324 g/mol. The van der Waals surface area contributed by atoms with Gasteiger partial charge in [-0.15, -0.1) is 0 Å². The molecule has 0 aliphatic heterocycles. The number of hydrogen-bond donors (Lipinski definition) is 3. The Morgan fingerprint density at radius 2 is 2.04 bits per heavy atom. The van der Waals surface area contributed by atoms with E-state index in [1.165, 1.54) is 6.07 Å². The van der Waals surface area contributed by atoms with E-state index in [0.717, 1.165) is 25.0 Å². The van der Waals surface area contributed by atoms with Crippen LogP contribution in [0.1, 0.15) is 38.2 Å². The summed E-state index contributed by atoms with van der Waals surface area (Å²) in [5, 5.41) is 31.8. The molecule has 0 saturated heterocycles. The average molecular weight is 324 g/mol. The van der Waals surface area contributed by atoms with E-state index in [1.807, 2.05) is 6.92 Å². The van der Waals surface area contributed by atoms with E-state index in [0.29, 0.717) is 12.0 Å². The number of hydrogen-bond acceptors (Lipinski definition) is 5. The van der Waals surface area contributed by atoms with E-state index in [-0.39, 0.29) is 18.7 Å². The summed E-state index contributed by atoms with van der Waals surface area (Å²) in [5.41, 5.74) is -0.156. The molecular formula is C15H20N2O6. The van der Waals surface area contributed by atoms with Crippen LogP contribution in [0.4, 0.5) is 5.69 Å². The van der Waals surface area contributed by atoms with Gasteiger partial charge in [0.25, 0.3) is 0 Å². The number of nitrogens with zero attached hydrogens (tertiary/aromatic N) is 1. The highest BCUT2D eigenvalue weighted by atomic mass is 16.6. The molecule has 126 valence electrons. The van der Waals surface area contributed by atoms with Crippen molar-refractivity contribution in [2.45, 2.75) is 45.1 Å². The van der Waals surface area contributed by atoms with Crippen molar-refractivity contribution in [3.05, 3.63) is 33.9 Å². The van der Waals surface area contributed by atoms with Gasteiger partial charge in [0.2, 0.25) is 5.91 Å². The Hall–Kier alpha value is -2.64. The van der Waals surface area contributed by atoms with Gasteiger partial charge in [-0.2, -0.15) is 0 Å². The van der Waals surface area contributed by atoms with Gasteiger partial charge >= 0.3 is 11.7 Å². The van der Waals surface area contributed by atoms with Crippen LogP contribution < -0.4 is 5.32 Å². The molecule has 0 heterocycles. The number of nitrogens with one attached hydrogen (secondary N) is 1. The maximum absolute atomic E-state index is 11.7. The van der Waals surface area contributed by atoms with E-state index in [4.69, 9.17) is 0 Å². The number of unbranched alkanes of at least 4 members (excludes halogenated alkanes) is 2. The molecule has 8 heteroatoms. The molecule has 1 aromatic carbocycles. The largest absolute Gasteiger partial charge is 0.502 e. The summed E-state index contributed by atoms with van der Waals surface area (Å²) in [6.45, 7) is 2.00. The molecule has 0 saturated carbocycles. The predicted molar refractivity (Wildman–Crippen MR) is 82.2 cm³/mol. The number of benzene rings is 1. The maximum Gasteiger partial charge on any atom is 0.326 e. The van der Waals surface area contributed by atoms with Crippen LogP contribution in [0.25, 0.3) is 0 Å². The molecule has 0 radical (unpaired) electrons. The molecule has 0 spiro atoms. The average Bonchev–Trinajstić information content (AvgIpc) is 2.48. The second kappa shape index (κ2) is 8.72. The van der Waals surface area contributed by atoms with Crippen molar-refractivity contribution in [3.8, 4) is 5.75 Å². The fourth-order valence-corrected chi connectivity index (χ4v) is 2.08. The highest BCUT2D eigenvalue weighted by Crippen LogP contribution is 2.26. The Morgan fingerprint density at radius 3 is 2.61 bits per heavy atom. The van der Waals surface area contributed by atoms with Gasteiger partial charge in [0, 0.05) is 18.9 Å². The molecule has 1 atom stereocenters. The van der Waals surface area contributed by atoms with Gasteiger partial charge in [0.1, 0.15) is 6.04 Å². The highest BCUT2D eigenvalue weighted by Gasteiger charge is 2.22. The standard InChI is InChI=1S/C15H20N2O6/c1-2-3-4-5-14(19)16-11(15(20)21)8-10-6-7-13(18)12(9-10)17(22)23/h6-7,9,11,18H,2-5,8H2,1H3,(H,16,19)(H,20,21). The Morgan fingerprint density at radius 1 is 1.35 bits per heavy atom. The van der Waals surface area contributed by atoms with Crippen molar-refractivity contribution in [2.24, 2.45) is 0 Å². The van der Waals surface area contributed by atoms with Crippen LogP contribution >= 0.6 is 0 Å². The lowest BCUT2D eigenvalue weighted by Gasteiger charge is -2.14. The van der Waals surface area contributed by atoms with Crippen molar-refractivity contribution in [1.29, 1.82) is 0 Å². The highest BCUT2D eigenvalue weighted by molar-refractivity contribution is 5.83. The van der Waals surface area contributed by atoms with E-state index in [1.54, 1.807) is 0 Å². The first-order chi connectivity index (χ1) is 10.8. The third-order valence-corrected chi connectivity index (χ3v) is 3.32. The minimum atomic E-state index is -1.22. The van der Waals surface area contributed by atoms with Gasteiger partial charge in [0.05, 0.1) is 4.92 Å². The number of aliphatic carboxylic acids is 1. The van der Waals surface area contributed by atoms with E-state index >= 15 is 0 Å². The van der Waals surface area contributed by atoms with Crippen molar-refractivity contribution >= 4 is 17.6 Å². The maximum atomic E-state index is 11.7. The number of phenolic OH excluding ortho intramolecular Hbond substituents is 1. The van der Waals surface area contributed by atoms with Crippen LogP contribution in [-0.4, -0.2) is 33.1 Å². The molecule has 1 unspecified atom stereocenters. The van der Waals surface area contributed by atoms with E-state index in [2.05, 4.69) is 5.32 Å².